The minimum absolute atomic E-state index is 0.00288. The number of hydrogen-bond acceptors (Lipinski definition) is 4. The molecule has 0 aliphatic carbocycles. The van der Waals surface area contributed by atoms with Gasteiger partial charge in [-0.2, -0.15) is 0 Å². The van der Waals surface area contributed by atoms with E-state index in [0.29, 0.717) is 31.7 Å². The summed E-state index contributed by atoms with van der Waals surface area (Å²) in [7, 11) is 1.60. The number of Topliss-reactive ketones (excluding diaryl/α,β-unsaturated/α-hetero) is 1. The molecule has 1 saturated heterocycles. The smallest absolute Gasteiger partial charge is 0.260 e. The number of carbonyl (C=O) groups excluding carboxylic acids is 2. The zero-order valence-electron chi connectivity index (χ0n) is 15.8. The molecule has 1 fully saturated rings. The van der Waals surface area contributed by atoms with Crippen molar-refractivity contribution in [1.29, 1.82) is 0 Å². The molecule has 0 N–H and O–H groups in total. The van der Waals surface area contributed by atoms with Crippen molar-refractivity contribution in [2.45, 2.75) is 19.8 Å². The van der Waals surface area contributed by atoms with Crippen molar-refractivity contribution in [3.8, 4) is 11.5 Å². The Bertz CT molecular complexity index is 775. The van der Waals surface area contributed by atoms with Crippen LogP contribution in [-0.4, -0.2) is 43.4 Å². The van der Waals surface area contributed by atoms with Gasteiger partial charge in [-0.1, -0.05) is 29.8 Å². The Labute approximate surface area is 159 Å². The zero-order chi connectivity index (χ0) is 19.2. The van der Waals surface area contributed by atoms with Crippen LogP contribution in [0.1, 0.15) is 28.8 Å². The minimum atomic E-state index is -0.0490. The molecular formula is C22H25NO4. The van der Waals surface area contributed by atoms with Crippen molar-refractivity contribution in [2.24, 2.45) is 5.92 Å². The van der Waals surface area contributed by atoms with Crippen LogP contribution in [0, 0.1) is 12.8 Å². The van der Waals surface area contributed by atoms with Gasteiger partial charge in [-0.3, -0.25) is 9.59 Å². The van der Waals surface area contributed by atoms with E-state index in [2.05, 4.69) is 0 Å². The first-order valence-electron chi connectivity index (χ1n) is 9.22. The summed E-state index contributed by atoms with van der Waals surface area (Å²) >= 11 is 0. The predicted octanol–water partition coefficient (Wildman–Crippen LogP) is 3.50. The van der Waals surface area contributed by atoms with Crippen LogP contribution in [0.2, 0.25) is 0 Å². The van der Waals surface area contributed by atoms with Crippen molar-refractivity contribution >= 4 is 11.7 Å². The number of nitrogens with zero attached hydrogens (tertiary/aromatic N) is 1. The van der Waals surface area contributed by atoms with Crippen LogP contribution in [-0.2, 0) is 4.79 Å². The normalized spacial score (nSPS) is 14.7. The fourth-order valence-electron chi connectivity index (χ4n) is 3.25. The molecule has 0 bridgehead atoms. The Morgan fingerprint density at radius 2 is 1.56 bits per heavy atom. The molecule has 1 aliphatic rings. The van der Waals surface area contributed by atoms with Crippen molar-refractivity contribution < 1.29 is 19.1 Å². The molecule has 0 atom stereocenters. The summed E-state index contributed by atoms with van der Waals surface area (Å²) in [5.74, 6) is 1.49. The van der Waals surface area contributed by atoms with Gasteiger partial charge in [-0.15, -0.1) is 0 Å². The van der Waals surface area contributed by atoms with Gasteiger partial charge in [0.25, 0.3) is 5.91 Å². The topological polar surface area (TPSA) is 55.8 Å². The number of benzene rings is 2. The first-order valence-corrected chi connectivity index (χ1v) is 9.22. The zero-order valence-corrected chi connectivity index (χ0v) is 15.8. The van der Waals surface area contributed by atoms with Crippen LogP contribution >= 0.6 is 0 Å². The number of rotatable bonds is 6. The van der Waals surface area contributed by atoms with Gasteiger partial charge in [0.05, 0.1) is 7.11 Å². The highest BCUT2D eigenvalue weighted by Gasteiger charge is 2.28. The lowest BCUT2D eigenvalue weighted by Crippen LogP contribution is -2.42. The van der Waals surface area contributed by atoms with E-state index >= 15 is 0 Å². The number of ether oxygens (including phenoxy) is 2. The summed E-state index contributed by atoms with van der Waals surface area (Å²) in [5, 5.41) is 0. The Kier molecular flexibility index (Phi) is 6.12. The van der Waals surface area contributed by atoms with Gasteiger partial charge < -0.3 is 14.4 Å². The number of piperidine rings is 1. The highest BCUT2D eigenvalue weighted by molar-refractivity contribution is 5.98. The lowest BCUT2D eigenvalue weighted by Gasteiger charge is -2.31. The Morgan fingerprint density at radius 3 is 2.15 bits per heavy atom. The number of amides is 1. The van der Waals surface area contributed by atoms with E-state index in [-0.39, 0.29) is 24.2 Å². The number of hydrogen-bond donors (Lipinski definition) is 0. The van der Waals surface area contributed by atoms with Crippen LogP contribution in [0.4, 0.5) is 0 Å². The lowest BCUT2D eigenvalue weighted by molar-refractivity contribution is -0.134. The second-order valence-corrected chi connectivity index (χ2v) is 6.85. The molecule has 0 radical (unpaired) electrons. The van der Waals surface area contributed by atoms with Crippen molar-refractivity contribution in [2.75, 3.05) is 26.8 Å². The molecule has 5 heteroatoms. The summed E-state index contributed by atoms with van der Waals surface area (Å²) < 4.78 is 10.7. The quantitative estimate of drug-likeness (QED) is 0.733. The van der Waals surface area contributed by atoms with E-state index in [9.17, 15) is 9.59 Å². The summed E-state index contributed by atoms with van der Waals surface area (Å²) in [6.07, 6.45) is 1.39. The second-order valence-electron chi connectivity index (χ2n) is 6.85. The third-order valence-electron chi connectivity index (χ3n) is 4.98. The molecule has 0 aromatic heterocycles. The van der Waals surface area contributed by atoms with Gasteiger partial charge in [0.15, 0.2) is 12.4 Å². The SMILES string of the molecule is COc1ccc(OCC(=O)N2CCC(C(=O)c3ccc(C)cc3)CC2)cc1. The highest BCUT2D eigenvalue weighted by atomic mass is 16.5. The van der Waals surface area contributed by atoms with E-state index in [1.165, 1.54) is 0 Å². The summed E-state index contributed by atoms with van der Waals surface area (Å²) in [6.45, 7) is 3.19. The fourth-order valence-corrected chi connectivity index (χ4v) is 3.25. The van der Waals surface area contributed by atoms with Crippen LogP contribution in [0.25, 0.3) is 0 Å². The lowest BCUT2D eigenvalue weighted by atomic mass is 9.88. The molecule has 1 aliphatic heterocycles. The maximum atomic E-state index is 12.6. The predicted molar refractivity (Wildman–Crippen MR) is 103 cm³/mol. The Morgan fingerprint density at radius 1 is 0.963 bits per heavy atom. The molecule has 1 amide bonds. The molecule has 27 heavy (non-hydrogen) atoms. The average molecular weight is 367 g/mol. The third kappa shape index (κ3) is 4.88. The van der Waals surface area contributed by atoms with E-state index in [0.717, 1.165) is 16.9 Å². The van der Waals surface area contributed by atoms with Gasteiger partial charge >= 0.3 is 0 Å². The first kappa shape index (κ1) is 19.0. The molecule has 2 aromatic carbocycles. The standard InChI is InChI=1S/C22H25NO4/c1-16-3-5-17(6-4-16)22(25)18-11-13-23(14-12-18)21(24)15-27-20-9-7-19(26-2)8-10-20/h3-10,18H,11-15H2,1-2H3. The van der Waals surface area contributed by atoms with Gasteiger partial charge in [0.1, 0.15) is 11.5 Å². The Balaban J connectivity index is 1.47. The molecule has 2 aromatic rings. The monoisotopic (exact) mass is 367 g/mol. The van der Waals surface area contributed by atoms with E-state index in [1.807, 2.05) is 31.2 Å². The number of carbonyl (C=O) groups is 2. The fraction of sp³-hybridized carbons (Fsp3) is 0.364. The van der Waals surface area contributed by atoms with Gasteiger partial charge in [-0.25, -0.2) is 0 Å². The first-order chi connectivity index (χ1) is 13.1. The average Bonchev–Trinajstić information content (AvgIpc) is 2.72. The maximum absolute atomic E-state index is 12.6. The summed E-state index contributed by atoms with van der Waals surface area (Å²) in [6, 6.07) is 14.8. The number of likely N-dealkylation sites (tertiary alicyclic amines) is 1. The summed E-state index contributed by atoms with van der Waals surface area (Å²) in [4.78, 5) is 26.8. The van der Waals surface area contributed by atoms with Gasteiger partial charge in [0, 0.05) is 24.6 Å². The van der Waals surface area contributed by atoms with Gasteiger partial charge in [-0.05, 0) is 44.0 Å². The summed E-state index contributed by atoms with van der Waals surface area (Å²) in [5.41, 5.74) is 1.90. The van der Waals surface area contributed by atoms with Crippen molar-refractivity contribution in [1.82, 2.24) is 4.90 Å². The molecule has 5 nitrogen and oxygen atoms in total. The van der Waals surface area contributed by atoms with E-state index in [4.69, 9.17) is 9.47 Å². The Hall–Kier alpha value is -2.82. The number of aryl methyl sites for hydroxylation is 1. The van der Waals surface area contributed by atoms with E-state index < -0.39 is 0 Å². The number of ketones is 1. The van der Waals surface area contributed by atoms with Gasteiger partial charge in [0.2, 0.25) is 0 Å². The van der Waals surface area contributed by atoms with Crippen LogP contribution in [0.5, 0.6) is 11.5 Å². The number of methoxy groups -OCH3 is 1. The van der Waals surface area contributed by atoms with Crippen molar-refractivity contribution in [3.63, 3.8) is 0 Å². The third-order valence-corrected chi connectivity index (χ3v) is 4.98. The molecule has 1 heterocycles. The maximum Gasteiger partial charge on any atom is 0.260 e. The van der Waals surface area contributed by atoms with Crippen LogP contribution < -0.4 is 9.47 Å². The largest absolute Gasteiger partial charge is 0.497 e. The second kappa shape index (κ2) is 8.71. The molecule has 0 unspecified atom stereocenters. The van der Waals surface area contributed by atoms with Crippen LogP contribution in [0.15, 0.2) is 48.5 Å². The molecule has 0 spiro atoms. The molecule has 142 valence electrons. The highest BCUT2D eigenvalue weighted by Crippen LogP contribution is 2.23. The van der Waals surface area contributed by atoms with Crippen LogP contribution in [0.3, 0.4) is 0 Å². The van der Waals surface area contributed by atoms with Crippen molar-refractivity contribution in [3.05, 3.63) is 59.7 Å². The molecule has 3 rings (SSSR count). The molecule has 0 saturated carbocycles. The minimum Gasteiger partial charge on any atom is -0.497 e. The molecular weight excluding hydrogens is 342 g/mol. The van der Waals surface area contributed by atoms with E-state index in [1.54, 1.807) is 36.3 Å².